The standard InChI is InChI=1S/Co.Fe.Ni.Ta.Ti. The Balaban J connectivity index is 0. The van der Waals surface area contributed by atoms with Crippen LogP contribution in [0.4, 0.5) is 0 Å². The van der Waals surface area contributed by atoms with Crippen molar-refractivity contribution in [2.75, 3.05) is 0 Å². The van der Waals surface area contributed by atoms with Crippen LogP contribution in [-0.4, -0.2) is 0 Å². The van der Waals surface area contributed by atoms with Crippen LogP contribution in [0.2, 0.25) is 0 Å². The van der Waals surface area contributed by atoms with Crippen LogP contribution in [0.5, 0.6) is 0 Å². The van der Waals surface area contributed by atoms with Crippen molar-refractivity contribution in [2.45, 2.75) is 0 Å². The monoisotopic (exact) mass is 402 g/mol. The first kappa shape index (κ1) is 43.8. The third kappa shape index (κ3) is 19.5. The minimum atomic E-state index is 0. The summed E-state index contributed by atoms with van der Waals surface area (Å²) in [4.78, 5) is 0. The van der Waals surface area contributed by atoms with Crippen LogP contribution < -0.4 is 0 Å². The zero-order chi connectivity index (χ0) is 0. The molecule has 0 unspecified atom stereocenters. The van der Waals surface area contributed by atoms with Gasteiger partial charge in [-0.2, -0.15) is 0 Å². The Labute approximate surface area is 93.0 Å². The van der Waals surface area contributed by atoms with Crippen molar-refractivity contribution in [3.8, 4) is 0 Å². The van der Waals surface area contributed by atoms with E-state index >= 15 is 0 Å². The Kier molecular flexibility index (Phi) is 247. The van der Waals surface area contributed by atoms with Gasteiger partial charge in [0.2, 0.25) is 0 Å². The van der Waals surface area contributed by atoms with Gasteiger partial charge in [0.25, 0.3) is 0 Å². The maximum absolute atomic E-state index is 0. The molecule has 0 saturated heterocycles. The first-order chi connectivity index (χ1) is 0. The van der Waals surface area contributed by atoms with Crippen LogP contribution in [0.25, 0.3) is 0 Å². The Bertz CT molecular complexity index is 11.6. The molecule has 0 nitrogen and oxygen atoms in total. The molecule has 5 heteroatoms. The van der Waals surface area contributed by atoms with Crippen molar-refractivity contribution >= 4 is 0 Å². The summed E-state index contributed by atoms with van der Waals surface area (Å²) in [6.45, 7) is 0. The fourth-order valence-electron chi connectivity index (χ4n) is 0. The van der Waals surface area contributed by atoms with Crippen molar-refractivity contribution in [3.63, 3.8) is 0 Å². The first-order valence-corrected chi connectivity index (χ1v) is 0. The topological polar surface area (TPSA) is 0 Å². The molecular weight excluding hydrogens is 402 g/mol. The molecule has 0 aromatic rings. The van der Waals surface area contributed by atoms with E-state index in [4.69, 9.17) is 0 Å². The van der Waals surface area contributed by atoms with Crippen LogP contribution in [-0.2, 0) is 94.4 Å². The molecule has 5 heavy (non-hydrogen) atoms. The molecule has 0 fully saturated rings. The summed E-state index contributed by atoms with van der Waals surface area (Å²) in [7, 11) is 0. The maximum Gasteiger partial charge on any atom is 0 e. The maximum atomic E-state index is 0. The fourth-order valence-corrected chi connectivity index (χ4v) is 0. The van der Waals surface area contributed by atoms with Gasteiger partial charge in [-0.25, -0.2) is 0 Å². The Hall–Kier alpha value is 2.97. The quantitative estimate of drug-likeness (QED) is 0.500. The van der Waals surface area contributed by atoms with E-state index in [2.05, 4.69) is 0 Å². The zero-order valence-corrected chi connectivity index (χ0v) is 9.86. The van der Waals surface area contributed by atoms with Crippen LogP contribution in [0.15, 0.2) is 0 Å². The van der Waals surface area contributed by atoms with E-state index in [1.54, 1.807) is 0 Å². The predicted octanol–water partition coefficient (Wildman–Crippen LogP) is -0.0125. The van der Waals surface area contributed by atoms with Gasteiger partial charge in [0.15, 0.2) is 0 Å². The second-order valence-corrected chi connectivity index (χ2v) is 0. The molecular formula is CoFeNiTaTi. The smallest absolute Gasteiger partial charge is 0 e. The van der Waals surface area contributed by atoms with Crippen LogP contribution in [0.1, 0.15) is 0 Å². The summed E-state index contributed by atoms with van der Waals surface area (Å²) >= 11 is 0. The van der Waals surface area contributed by atoms with Gasteiger partial charge in [0, 0.05) is 94.4 Å². The SMILES string of the molecule is [Co].[Fe].[Ni].[Ta].[Ti]. The van der Waals surface area contributed by atoms with Gasteiger partial charge in [-0.3, -0.25) is 0 Å². The molecule has 0 aliphatic carbocycles. The molecule has 0 aromatic heterocycles. The van der Waals surface area contributed by atoms with Gasteiger partial charge < -0.3 is 0 Å². The molecule has 0 N–H and O–H groups in total. The zero-order valence-electron chi connectivity index (χ0n) is 1.95. The molecule has 0 aliphatic rings. The van der Waals surface area contributed by atoms with Crippen LogP contribution >= 0.6 is 0 Å². The molecule has 0 spiro atoms. The Morgan fingerprint density at radius 2 is 1.00 bits per heavy atom. The number of hydrogen-bond acceptors (Lipinski definition) is 0. The third-order valence-electron chi connectivity index (χ3n) is 0. The van der Waals surface area contributed by atoms with E-state index in [1.807, 2.05) is 0 Å². The summed E-state index contributed by atoms with van der Waals surface area (Å²) in [6.07, 6.45) is 0. The van der Waals surface area contributed by atoms with Crippen LogP contribution in [0.3, 0.4) is 0 Å². The van der Waals surface area contributed by atoms with Crippen molar-refractivity contribution in [1.29, 1.82) is 0 Å². The molecule has 0 bridgehead atoms. The predicted molar refractivity (Wildman–Crippen MR) is 0 cm³/mol. The van der Waals surface area contributed by atoms with Crippen molar-refractivity contribution < 1.29 is 94.4 Å². The van der Waals surface area contributed by atoms with Gasteiger partial charge in [0.05, 0.1) is 0 Å². The van der Waals surface area contributed by atoms with E-state index < -0.39 is 0 Å². The average Bonchev–Trinajstić information content (AvgIpc) is 0. The van der Waals surface area contributed by atoms with E-state index in [-0.39, 0.29) is 94.4 Å². The number of hydrogen-bond donors (Lipinski definition) is 0. The number of rotatable bonds is 0. The third-order valence-corrected chi connectivity index (χ3v) is 0. The Morgan fingerprint density at radius 1 is 1.00 bits per heavy atom. The molecule has 0 rings (SSSR count). The van der Waals surface area contributed by atoms with E-state index in [1.165, 1.54) is 0 Å². The summed E-state index contributed by atoms with van der Waals surface area (Å²) in [6, 6.07) is 0. The van der Waals surface area contributed by atoms with Gasteiger partial charge in [-0.15, -0.1) is 0 Å². The Morgan fingerprint density at radius 3 is 1.00 bits per heavy atom. The molecule has 0 heterocycles. The molecule has 0 aliphatic heterocycles. The van der Waals surface area contributed by atoms with E-state index in [9.17, 15) is 0 Å². The fraction of sp³-hybridized carbons (Fsp3) is 0. The molecule has 0 saturated carbocycles. The van der Waals surface area contributed by atoms with Crippen molar-refractivity contribution in [3.05, 3.63) is 0 Å². The van der Waals surface area contributed by atoms with Gasteiger partial charge in [0.1, 0.15) is 0 Å². The first-order valence-electron chi connectivity index (χ1n) is 0. The van der Waals surface area contributed by atoms with Crippen molar-refractivity contribution in [2.24, 2.45) is 0 Å². The molecule has 36 valence electrons. The molecule has 2 radical (unpaired) electrons. The second kappa shape index (κ2) is 28.1. The largest absolute Gasteiger partial charge is 0 e. The summed E-state index contributed by atoms with van der Waals surface area (Å²) < 4.78 is 0. The molecule has 0 amide bonds. The van der Waals surface area contributed by atoms with Crippen LogP contribution in [0, 0.1) is 0 Å². The molecule has 0 atom stereocenters. The van der Waals surface area contributed by atoms with Gasteiger partial charge in [-0.1, -0.05) is 0 Å². The van der Waals surface area contributed by atoms with Gasteiger partial charge >= 0.3 is 0 Å². The van der Waals surface area contributed by atoms with Crippen molar-refractivity contribution in [1.82, 2.24) is 0 Å². The minimum absolute atomic E-state index is 0. The molecule has 0 aromatic carbocycles. The van der Waals surface area contributed by atoms with Gasteiger partial charge in [-0.05, 0) is 0 Å². The van der Waals surface area contributed by atoms with E-state index in [0.29, 0.717) is 0 Å². The van der Waals surface area contributed by atoms with E-state index in [0.717, 1.165) is 0 Å². The normalized spacial score (nSPS) is 0. The minimum Gasteiger partial charge on any atom is 0 e. The second-order valence-electron chi connectivity index (χ2n) is 0. The summed E-state index contributed by atoms with van der Waals surface area (Å²) in [5.41, 5.74) is 0. The average molecular weight is 402 g/mol. The summed E-state index contributed by atoms with van der Waals surface area (Å²) in [5, 5.41) is 0. The summed E-state index contributed by atoms with van der Waals surface area (Å²) in [5.74, 6) is 0.